The molecule has 4 rings (SSSR count). The highest BCUT2D eigenvalue weighted by atomic mass is 16.4. The van der Waals surface area contributed by atoms with E-state index in [0.717, 1.165) is 25.7 Å². The monoisotopic (exact) mass is 196 g/mol. The lowest BCUT2D eigenvalue weighted by atomic mass is 9.50. The van der Waals surface area contributed by atoms with Gasteiger partial charge in [-0.1, -0.05) is 0 Å². The van der Waals surface area contributed by atoms with Crippen LogP contribution in [0, 0.1) is 29.6 Å². The minimum atomic E-state index is -0.683. The van der Waals surface area contributed by atoms with Gasteiger partial charge in [-0.25, -0.2) is 0 Å². The first-order valence-corrected chi connectivity index (χ1v) is 5.57. The van der Waals surface area contributed by atoms with Crippen molar-refractivity contribution in [3.8, 4) is 0 Å². The molecule has 78 valence electrons. The van der Waals surface area contributed by atoms with Crippen LogP contribution in [0.3, 0.4) is 0 Å². The zero-order chi connectivity index (χ0) is 9.87. The molecule has 0 aliphatic heterocycles. The molecule has 4 fully saturated rings. The predicted octanol–water partition coefficient (Wildman–Crippen LogP) is 1.11. The molecule has 14 heavy (non-hydrogen) atoms. The Kier molecular flexibility index (Phi) is 1.69. The van der Waals surface area contributed by atoms with Crippen LogP contribution in [0.15, 0.2) is 0 Å². The first kappa shape index (κ1) is 8.72. The standard InChI is InChI=1S/C11H16O3/c12-10-7-2-5-1-6(4-7)9(11(13)14)8(10)3-5/h5-10,12H,1-4H2,(H,13,14)/t5?,6-,7+,8-,9-,10+/m0/s1. The highest BCUT2D eigenvalue weighted by Crippen LogP contribution is 2.56. The molecule has 0 aromatic carbocycles. The van der Waals surface area contributed by atoms with E-state index >= 15 is 0 Å². The Morgan fingerprint density at radius 1 is 1.07 bits per heavy atom. The second kappa shape index (κ2) is 2.72. The molecular weight excluding hydrogens is 180 g/mol. The number of carboxylic acid groups (broad SMARTS) is 1. The van der Waals surface area contributed by atoms with E-state index in [1.54, 1.807) is 0 Å². The van der Waals surface area contributed by atoms with E-state index in [9.17, 15) is 9.90 Å². The molecule has 1 unspecified atom stereocenters. The van der Waals surface area contributed by atoms with Crippen LogP contribution in [0.2, 0.25) is 0 Å². The summed E-state index contributed by atoms with van der Waals surface area (Å²) in [5.74, 6) is 0.605. The van der Waals surface area contributed by atoms with E-state index in [2.05, 4.69) is 0 Å². The summed E-state index contributed by atoms with van der Waals surface area (Å²) in [6, 6.07) is 0. The van der Waals surface area contributed by atoms with Gasteiger partial charge in [-0.2, -0.15) is 0 Å². The van der Waals surface area contributed by atoms with E-state index in [1.807, 2.05) is 0 Å². The van der Waals surface area contributed by atoms with Gasteiger partial charge >= 0.3 is 5.97 Å². The van der Waals surface area contributed by atoms with Gasteiger partial charge in [0.05, 0.1) is 12.0 Å². The molecule has 0 saturated heterocycles. The van der Waals surface area contributed by atoms with Gasteiger partial charge in [-0.15, -0.1) is 0 Å². The summed E-state index contributed by atoms with van der Waals surface area (Å²) < 4.78 is 0. The normalized spacial score (nSPS) is 54.9. The van der Waals surface area contributed by atoms with Gasteiger partial charge in [0, 0.05) is 0 Å². The SMILES string of the molecule is O=C(O)[C@H]1[C@H]2CC3C[C@H](C2)[C@@H](O)[C@H]1C3. The quantitative estimate of drug-likeness (QED) is 0.660. The first-order chi connectivity index (χ1) is 6.66. The van der Waals surface area contributed by atoms with Crippen molar-refractivity contribution >= 4 is 5.97 Å². The third kappa shape index (κ3) is 0.991. The van der Waals surface area contributed by atoms with Crippen molar-refractivity contribution in [2.24, 2.45) is 29.6 Å². The van der Waals surface area contributed by atoms with Crippen LogP contribution in [0.25, 0.3) is 0 Å². The second-order valence-corrected chi connectivity index (χ2v) is 5.35. The highest BCUT2D eigenvalue weighted by Gasteiger charge is 2.55. The van der Waals surface area contributed by atoms with Gasteiger partial charge in [0.15, 0.2) is 0 Å². The van der Waals surface area contributed by atoms with Crippen LogP contribution in [0.4, 0.5) is 0 Å². The van der Waals surface area contributed by atoms with Crippen molar-refractivity contribution in [2.45, 2.75) is 31.8 Å². The Morgan fingerprint density at radius 3 is 2.50 bits per heavy atom. The lowest BCUT2D eigenvalue weighted by Crippen LogP contribution is -2.55. The largest absolute Gasteiger partial charge is 0.481 e. The average Bonchev–Trinajstić information content (AvgIpc) is 2.12. The van der Waals surface area contributed by atoms with E-state index in [-0.39, 0.29) is 17.9 Å². The number of aliphatic carboxylic acids is 1. The summed E-state index contributed by atoms with van der Waals surface area (Å²) >= 11 is 0. The zero-order valence-electron chi connectivity index (χ0n) is 8.10. The third-order valence-corrected chi connectivity index (χ3v) is 4.66. The van der Waals surface area contributed by atoms with Crippen molar-refractivity contribution < 1.29 is 15.0 Å². The van der Waals surface area contributed by atoms with Gasteiger partial charge in [0.1, 0.15) is 0 Å². The fraction of sp³-hybridized carbons (Fsp3) is 0.909. The fourth-order valence-corrected chi connectivity index (χ4v) is 4.27. The minimum absolute atomic E-state index is 0.0590. The molecule has 3 nitrogen and oxygen atoms in total. The third-order valence-electron chi connectivity index (χ3n) is 4.66. The Hall–Kier alpha value is -0.570. The molecule has 2 N–H and O–H groups in total. The van der Waals surface area contributed by atoms with Crippen LogP contribution in [0.1, 0.15) is 25.7 Å². The maximum absolute atomic E-state index is 11.1. The first-order valence-electron chi connectivity index (χ1n) is 5.57. The fourth-order valence-electron chi connectivity index (χ4n) is 4.27. The van der Waals surface area contributed by atoms with Gasteiger partial charge in [-0.3, -0.25) is 4.79 Å². The maximum Gasteiger partial charge on any atom is 0.307 e. The molecule has 4 aliphatic carbocycles. The maximum atomic E-state index is 11.1. The van der Waals surface area contributed by atoms with E-state index in [4.69, 9.17) is 5.11 Å². The second-order valence-electron chi connectivity index (χ2n) is 5.35. The number of carbonyl (C=O) groups is 1. The van der Waals surface area contributed by atoms with E-state index in [1.165, 1.54) is 0 Å². The average molecular weight is 196 g/mol. The van der Waals surface area contributed by atoms with Crippen LogP contribution in [0.5, 0.6) is 0 Å². The molecule has 0 spiro atoms. The van der Waals surface area contributed by atoms with Gasteiger partial charge in [0.2, 0.25) is 0 Å². The molecule has 0 amide bonds. The highest BCUT2D eigenvalue weighted by molar-refractivity contribution is 5.71. The Balaban J connectivity index is 1.93. The smallest absolute Gasteiger partial charge is 0.307 e. The molecule has 3 heteroatoms. The van der Waals surface area contributed by atoms with Crippen LogP contribution in [-0.4, -0.2) is 22.3 Å². The summed E-state index contributed by atoms with van der Waals surface area (Å²) in [7, 11) is 0. The molecule has 4 saturated carbocycles. The van der Waals surface area contributed by atoms with Crippen molar-refractivity contribution in [3.05, 3.63) is 0 Å². The van der Waals surface area contributed by atoms with Crippen LogP contribution < -0.4 is 0 Å². The van der Waals surface area contributed by atoms with Crippen LogP contribution >= 0.6 is 0 Å². The number of aliphatic hydroxyl groups excluding tert-OH is 1. The molecule has 0 aromatic heterocycles. The van der Waals surface area contributed by atoms with Crippen molar-refractivity contribution in [2.75, 3.05) is 0 Å². The molecule has 0 aromatic rings. The summed E-state index contributed by atoms with van der Waals surface area (Å²) in [5, 5.41) is 19.1. The number of hydrogen-bond acceptors (Lipinski definition) is 2. The van der Waals surface area contributed by atoms with E-state index < -0.39 is 5.97 Å². The summed E-state index contributed by atoms with van der Waals surface area (Å²) in [6.45, 7) is 0. The van der Waals surface area contributed by atoms with Crippen LogP contribution in [-0.2, 0) is 4.79 Å². The lowest BCUT2D eigenvalue weighted by Gasteiger charge is -2.55. The molecule has 4 aliphatic rings. The molecule has 0 radical (unpaired) electrons. The van der Waals surface area contributed by atoms with Crippen molar-refractivity contribution in [3.63, 3.8) is 0 Å². The molecule has 6 atom stereocenters. The molecule has 0 heterocycles. The van der Waals surface area contributed by atoms with Gasteiger partial charge < -0.3 is 10.2 Å². The lowest BCUT2D eigenvalue weighted by molar-refractivity contribution is -0.171. The summed E-state index contributed by atoms with van der Waals surface area (Å²) in [5.41, 5.74) is 0. The number of carboxylic acids is 1. The Labute approximate surface area is 83.1 Å². The van der Waals surface area contributed by atoms with Gasteiger partial charge in [0.25, 0.3) is 0 Å². The number of hydrogen-bond donors (Lipinski definition) is 2. The Morgan fingerprint density at radius 2 is 1.79 bits per heavy atom. The summed E-state index contributed by atoms with van der Waals surface area (Å²) in [6.07, 6.45) is 3.80. The number of rotatable bonds is 1. The number of aliphatic hydroxyl groups is 1. The molecular formula is C11H16O3. The Bertz CT molecular complexity index is 276. The predicted molar refractivity (Wildman–Crippen MR) is 49.6 cm³/mol. The minimum Gasteiger partial charge on any atom is -0.481 e. The zero-order valence-corrected chi connectivity index (χ0v) is 8.10. The van der Waals surface area contributed by atoms with Gasteiger partial charge in [-0.05, 0) is 49.4 Å². The summed E-state index contributed by atoms with van der Waals surface area (Å²) in [4.78, 5) is 11.1. The van der Waals surface area contributed by atoms with Crippen molar-refractivity contribution in [1.82, 2.24) is 0 Å². The molecule has 4 bridgehead atoms. The topological polar surface area (TPSA) is 57.5 Å². The van der Waals surface area contributed by atoms with Crippen molar-refractivity contribution in [1.29, 1.82) is 0 Å². The van der Waals surface area contributed by atoms with E-state index in [0.29, 0.717) is 17.8 Å².